The number of imide groups is 1. The van der Waals surface area contributed by atoms with Gasteiger partial charge in [-0.05, 0) is 25.7 Å². The van der Waals surface area contributed by atoms with Gasteiger partial charge in [0.1, 0.15) is 0 Å². The van der Waals surface area contributed by atoms with Gasteiger partial charge >= 0.3 is 0 Å². The summed E-state index contributed by atoms with van der Waals surface area (Å²) in [5, 5.41) is 0. The lowest BCUT2D eigenvalue weighted by Gasteiger charge is -2.34. The fourth-order valence-electron chi connectivity index (χ4n) is 3.61. The molecule has 0 spiro atoms. The summed E-state index contributed by atoms with van der Waals surface area (Å²) in [6.45, 7) is 0. The maximum absolute atomic E-state index is 12.4. The molecule has 3 rings (SSSR count). The molecule has 1 saturated heterocycles. The average Bonchev–Trinajstić information content (AvgIpc) is 2.64. The van der Waals surface area contributed by atoms with Crippen LogP contribution in [-0.2, 0) is 9.59 Å². The van der Waals surface area contributed by atoms with Crippen LogP contribution in [0.4, 0.5) is 0 Å². The highest BCUT2D eigenvalue weighted by atomic mass is 16.2. The lowest BCUT2D eigenvalue weighted by atomic mass is 9.85. The Bertz CT molecular complexity index is 379. The molecule has 98 valence electrons. The number of carbonyl (C=O) groups excluding carboxylic acids is 2. The maximum atomic E-state index is 12.4. The monoisotopic (exact) mass is 248 g/mol. The van der Waals surface area contributed by atoms with Gasteiger partial charge < -0.3 is 5.73 Å². The minimum atomic E-state index is -0.114. The number of fused-ring (bicyclic) bond motifs is 1. The molecule has 2 aliphatic carbocycles. The van der Waals surface area contributed by atoms with Crippen LogP contribution in [-0.4, -0.2) is 28.8 Å². The molecule has 0 aromatic heterocycles. The third kappa shape index (κ3) is 1.70. The van der Waals surface area contributed by atoms with Gasteiger partial charge in [0.25, 0.3) is 0 Å². The maximum Gasteiger partial charge on any atom is 0.233 e. The zero-order valence-corrected chi connectivity index (χ0v) is 10.5. The molecule has 2 fully saturated rings. The van der Waals surface area contributed by atoms with E-state index in [4.69, 9.17) is 5.73 Å². The highest BCUT2D eigenvalue weighted by molar-refractivity contribution is 6.05. The summed E-state index contributed by atoms with van der Waals surface area (Å²) in [6.07, 6.45) is 9.47. The van der Waals surface area contributed by atoms with E-state index in [-0.39, 0.29) is 35.7 Å². The Kier molecular flexibility index (Phi) is 2.98. The van der Waals surface area contributed by atoms with Gasteiger partial charge in [-0.3, -0.25) is 14.5 Å². The average molecular weight is 248 g/mol. The molecule has 0 bridgehead atoms. The number of carbonyl (C=O) groups is 2. The Morgan fingerprint density at radius 2 is 1.56 bits per heavy atom. The first-order valence-electron chi connectivity index (χ1n) is 6.97. The summed E-state index contributed by atoms with van der Waals surface area (Å²) < 4.78 is 0. The molecule has 1 saturated carbocycles. The third-order valence-corrected chi connectivity index (χ3v) is 4.65. The van der Waals surface area contributed by atoms with Crippen molar-refractivity contribution in [3.05, 3.63) is 12.2 Å². The lowest BCUT2D eigenvalue weighted by Crippen LogP contribution is -2.52. The van der Waals surface area contributed by atoms with E-state index in [0.29, 0.717) is 12.8 Å². The first kappa shape index (κ1) is 11.9. The number of likely N-dealkylation sites (tertiary alicyclic amines) is 1. The molecule has 0 aromatic carbocycles. The van der Waals surface area contributed by atoms with Crippen molar-refractivity contribution < 1.29 is 9.59 Å². The molecule has 4 atom stereocenters. The van der Waals surface area contributed by atoms with Crippen molar-refractivity contribution in [1.82, 2.24) is 4.90 Å². The van der Waals surface area contributed by atoms with Crippen molar-refractivity contribution in [1.29, 1.82) is 0 Å². The minimum Gasteiger partial charge on any atom is -0.326 e. The van der Waals surface area contributed by atoms with Gasteiger partial charge in [0.2, 0.25) is 11.8 Å². The van der Waals surface area contributed by atoms with Crippen molar-refractivity contribution in [2.75, 3.05) is 0 Å². The van der Waals surface area contributed by atoms with Crippen LogP contribution < -0.4 is 5.73 Å². The van der Waals surface area contributed by atoms with Gasteiger partial charge in [-0.15, -0.1) is 0 Å². The van der Waals surface area contributed by atoms with Crippen molar-refractivity contribution in [3.8, 4) is 0 Å². The van der Waals surface area contributed by atoms with E-state index in [0.717, 1.165) is 25.7 Å². The van der Waals surface area contributed by atoms with Crippen LogP contribution in [0.2, 0.25) is 0 Å². The van der Waals surface area contributed by atoms with E-state index in [1.165, 1.54) is 4.90 Å². The zero-order valence-electron chi connectivity index (χ0n) is 10.5. The highest BCUT2D eigenvalue weighted by Gasteiger charge is 2.50. The summed E-state index contributed by atoms with van der Waals surface area (Å²) in [4.78, 5) is 26.3. The SMILES string of the molecule is NC1CCCCC1N1C(=O)[C@H]2CC=CC[C@H]2C1=O. The zero-order chi connectivity index (χ0) is 12.7. The largest absolute Gasteiger partial charge is 0.326 e. The molecule has 1 aliphatic heterocycles. The summed E-state index contributed by atoms with van der Waals surface area (Å²) in [7, 11) is 0. The topological polar surface area (TPSA) is 63.4 Å². The van der Waals surface area contributed by atoms with Crippen LogP contribution in [0, 0.1) is 11.8 Å². The Balaban J connectivity index is 1.84. The molecule has 0 aromatic rings. The van der Waals surface area contributed by atoms with Gasteiger partial charge in [0.15, 0.2) is 0 Å². The normalized spacial score (nSPS) is 40.2. The van der Waals surface area contributed by atoms with Crippen molar-refractivity contribution in [2.45, 2.75) is 50.6 Å². The number of allylic oxidation sites excluding steroid dienone is 2. The van der Waals surface area contributed by atoms with Gasteiger partial charge in [0, 0.05) is 6.04 Å². The lowest BCUT2D eigenvalue weighted by molar-refractivity contribution is -0.143. The second-order valence-electron chi connectivity index (χ2n) is 5.72. The smallest absolute Gasteiger partial charge is 0.233 e. The summed E-state index contributed by atoms with van der Waals surface area (Å²) in [5.41, 5.74) is 6.11. The van der Waals surface area contributed by atoms with Crippen LogP contribution in [0.15, 0.2) is 12.2 Å². The van der Waals surface area contributed by atoms with Crippen molar-refractivity contribution >= 4 is 11.8 Å². The molecule has 4 nitrogen and oxygen atoms in total. The molecular weight excluding hydrogens is 228 g/mol. The number of rotatable bonds is 1. The van der Waals surface area contributed by atoms with Crippen LogP contribution >= 0.6 is 0 Å². The molecule has 18 heavy (non-hydrogen) atoms. The number of hydrogen-bond acceptors (Lipinski definition) is 3. The first-order chi connectivity index (χ1) is 8.70. The fourth-order valence-corrected chi connectivity index (χ4v) is 3.61. The second kappa shape index (κ2) is 4.50. The quantitative estimate of drug-likeness (QED) is 0.560. The molecule has 3 aliphatic rings. The fraction of sp³-hybridized carbons (Fsp3) is 0.714. The van der Waals surface area contributed by atoms with E-state index in [1.807, 2.05) is 12.2 Å². The van der Waals surface area contributed by atoms with Gasteiger partial charge in [-0.2, -0.15) is 0 Å². The molecule has 1 heterocycles. The molecule has 4 heteroatoms. The Hall–Kier alpha value is -1.16. The highest BCUT2D eigenvalue weighted by Crippen LogP contribution is 2.38. The van der Waals surface area contributed by atoms with Crippen molar-refractivity contribution in [2.24, 2.45) is 17.6 Å². The number of hydrogen-bond donors (Lipinski definition) is 1. The van der Waals surface area contributed by atoms with Gasteiger partial charge in [-0.25, -0.2) is 0 Å². The Morgan fingerprint density at radius 3 is 2.11 bits per heavy atom. The van der Waals surface area contributed by atoms with E-state index < -0.39 is 0 Å². The number of amides is 2. The minimum absolute atomic E-state index is 0.0247. The molecule has 2 amide bonds. The van der Waals surface area contributed by atoms with Crippen LogP contribution in [0.1, 0.15) is 38.5 Å². The Labute approximate surface area is 107 Å². The summed E-state index contributed by atoms with van der Waals surface area (Å²) in [6, 6.07) is -0.0795. The van der Waals surface area contributed by atoms with Crippen LogP contribution in [0.5, 0.6) is 0 Å². The first-order valence-corrected chi connectivity index (χ1v) is 6.97. The van der Waals surface area contributed by atoms with Gasteiger partial charge in [0.05, 0.1) is 17.9 Å². The predicted octanol–water partition coefficient (Wildman–Crippen LogP) is 1.21. The third-order valence-electron chi connectivity index (χ3n) is 4.65. The van der Waals surface area contributed by atoms with Crippen LogP contribution in [0.3, 0.4) is 0 Å². The number of nitrogens with two attached hydrogens (primary N) is 1. The van der Waals surface area contributed by atoms with E-state index in [2.05, 4.69) is 0 Å². The van der Waals surface area contributed by atoms with Gasteiger partial charge in [-0.1, -0.05) is 25.0 Å². The van der Waals surface area contributed by atoms with Crippen LogP contribution in [0.25, 0.3) is 0 Å². The molecule has 2 unspecified atom stereocenters. The number of nitrogens with zero attached hydrogens (tertiary/aromatic N) is 1. The summed E-state index contributed by atoms with van der Waals surface area (Å²) >= 11 is 0. The van der Waals surface area contributed by atoms with E-state index >= 15 is 0 Å². The van der Waals surface area contributed by atoms with Crippen molar-refractivity contribution in [3.63, 3.8) is 0 Å². The second-order valence-corrected chi connectivity index (χ2v) is 5.72. The molecule has 2 N–H and O–H groups in total. The summed E-state index contributed by atoms with van der Waals surface area (Å²) in [5.74, 6) is -0.179. The van der Waals surface area contributed by atoms with E-state index in [1.54, 1.807) is 0 Å². The van der Waals surface area contributed by atoms with E-state index in [9.17, 15) is 9.59 Å². The standard InChI is InChI=1S/C14H20N2O2/c15-11-7-3-4-8-12(11)16-13(17)9-5-1-2-6-10(9)14(16)18/h1-2,9-12H,3-8,15H2/t9-,10+,11?,12?. The predicted molar refractivity (Wildman–Crippen MR) is 67.4 cm³/mol. The molecule has 0 radical (unpaired) electrons. The Morgan fingerprint density at radius 1 is 1.00 bits per heavy atom. The molecular formula is C14H20N2O2.